The van der Waals surface area contributed by atoms with Gasteiger partial charge in [0.2, 0.25) is 5.91 Å². The number of carbonyl (C=O) groups excluding carboxylic acids is 3. The molecule has 44 heavy (non-hydrogen) atoms. The van der Waals surface area contributed by atoms with Crippen molar-refractivity contribution in [2.24, 2.45) is 0 Å². The van der Waals surface area contributed by atoms with Gasteiger partial charge in [-0.25, -0.2) is 0 Å². The van der Waals surface area contributed by atoms with Gasteiger partial charge in [-0.15, -0.1) is 11.8 Å². The molecule has 0 spiro atoms. The molecule has 8 nitrogen and oxygen atoms in total. The summed E-state index contributed by atoms with van der Waals surface area (Å²) in [5.74, 6) is -0.240. The van der Waals surface area contributed by atoms with E-state index in [9.17, 15) is 14.4 Å². The molecule has 1 atom stereocenters. The number of amides is 3. The molecule has 0 aliphatic rings. The van der Waals surface area contributed by atoms with E-state index in [1.807, 2.05) is 68.4 Å². The third kappa shape index (κ3) is 7.76. The second kappa shape index (κ2) is 14.3. The Morgan fingerprint density at radius 3 is 2.23 bits per heavy atom. The van der Waals surface area contributed by atoms with E-state index in [0.717, 1.165) is 27.1 Å². The number of nitrogens with one attached hydrogen (secondary N) is 4. The predicted octanol–water partition coefficient (Wildman–Crippen LogP) is 7.10. The van der Waals surface area contributed by atoms with Crippen LogP contribution in [0.5, 0.6) is 5.75 Å². The summed E-state index contributed by atoms with van der Waals surface area (Å²) in [7, 11) is 0. The van der Waals surface area contributed by atoms with E-state index < -0.39 is 11.8 Å². The zero-order valence-electron chi connectivity index (χ0n) is 24.3. The van der Waals surface area contributed by atoms with Crippen molar-refractivity contribution in [2.45, 2.75) is 24.0 Å². The van der Waals surface area contributed by atoms with Crippen LogP contribution >= 0.6 is 11.8 Å². The molecule has 3 amide bonds. The molecule has 4 aromatic carbocycles. The van der Waals surface area contributed by atoms with Crippen LogP contribution in [0.1, 0.15) is 29.8 Å². The number of aromatic amines is 1. The fourth-order valence-corrected chi connectivity index (χ4v) is 5.30. The summed E-state index contributed by atoms with van der Waals surface area (Å²) >= 11 is 1.40. The lowest BCUT2D eigenvalue weighted by Crippen LogP contribution is -2.30. The van der Waals surface area contributed by atoms with Crippen LogP contribution in [0, 0.1) is 0 Å². The van der Waals surface area contributed by atoms with Crippen LogP contribution in [0.15, 0.2) is 120 Å². The van der Waals surface area contributed by atoms with Crippen molar-refractivity contribution in [3.63, 3.8) is 0 Å². The smallest absolute Gasteiger partial charge is 0.272 e. The number of hydrogen-bond acceptors (Lipinski definition) is 5. The van der Waals surface area contributed by atoms with Gasteiger partial charge >= 0.3 is 0 Å². The Balaban J connectivity index is 1.25. The molecule has 0 unspecified atom stereocenters. The predicted molar refractivity (Wildman–Crippen MR) is 177 cm³/mol. The van der Waals surface area contributed by atoms with Gasteiger partial charge in [-0.3, -0.25) is 14.4 Å². The van der Waals surface area contributed by atoms with Crippen LogP contribution in [-0.2, 0) is 9.59 Å². The second-order valence-electron chi connectivity index (χ2n) is 9.85. The zero-order chi connectivity index (χ0) is 30.9. The molecule has 5 rings (SSSR count). The van der Waals surface area contributed by atoms with Crippen molar-refractivity contribution >= 4 is 57.8 Å². The summed E-state index contributed by atoms with van der Waals surface area (Å²) in [4.78, 5) is 43.2. The normalized spacial score (nSPS) is 11.9. The third-order valence-corrected chi connectivity index (χ3v) is 7.79. The van der Waals surface area contributed by atoms with Gasteiger partial charge in [0.05, 0.1) is 11.9 Å². The number of thioether (sulfide) groups is 1. The molecule has 4 N–H and O–H groups in total. The second-order valence-corrected chi connectivity index (χ2v) is 11.3. The molecule has 0 fully saturated rings. The first-order valence-corrected chi connectivity index (χ1v) is 15.0. The molecule has 5 aromatic rings. The van der Waals surface area contributed by atoms with Gasteiger partial charge in [0.1, 0.15) is 11.4 Å². The van der Waals surface area contributed by atoms with E-state index in [4.69, 9.17) is 4.74 Å². The average molecular weight is 605 g/mol. The maximum absolute atomic E-state index is 13.5. The van der Waals surface area contributed by atoms with Crippen molar-refractivity contribution in [2.75, 3.05) is 17.2 Å². The number of ether oxygens (including phenoxy) is 1. The lowest BCUT2D eigenvalue weighted by molar-refractivity contribution is -0.115. The Labute approximate surface area is 259 Å². The minimum atomic E-state index is -0.469. The minimum Gasteiger partial charge on any atom is -0.494 e. The molecule has 0 saturated heterocycles. The lowest BCUT2D eigenvalue weighted by Gasteiger charge is -2.14. The highest BCUT2D eigenvalue weighted by molar-refractivity contribution is 8.00. The summed E-state index contributed by atoms with van der Waals surface area (Å²) < 4.78 is 5.45. The van der Waals surface area contributed by atoms with Gasteiger partial charge in [-0.2, -0.15) is 0 Å². The fraction of sp³-hybridized carbons (Fsp3) is 0.114. The highest BCUT2D eigenvalue weighted by Gasteiger charge is 2.17. The van der Waals surface area contributed by atoms with E-state index >= 15 is 0 Å². The average Bonchev–Trinajstić information content (AvgIpc) is 3.45. The quantitative estimate of drug-likeness (QED) is 0.0950. The SMILES string of the molecule is CCOc1ccc(NC(=O)[C@H](C)Sc2ccc(NC(=O)/C(=C/c3c[nH]c4ccccc34)NC(=O)c3ccccc3)cc2)cc1. The van der Waals surface area contributed by atoms with Gasteiger partial charge < -0.3 is 25.7 Å². The van der Waals surface area contributed by atoms with Crippen LogP contribution in [-0.4, -0.2) is 34.6 Å². The Hall–Kier alpha value is -5.28. The van der Waals surface area contributed by atoms with Crippen molar-refractivity contribution in [3.05, 3.63) is 126 Å². The van der Waals surface area contributed by atoms with Crippen LogP contribution < -0.4 is 20.7 Å². The Bertz CT molecular complexity index is 1780. The summed E-state index contributed by atoms with van der Waals surface area (Å²) in [6.07, 6.45) is 3.45. The van der Waals surface area contributed by atoms with Crippen molar-refractivity contribution in [3.8, 4) is 5.75 Å². The molecular weight excluding hydrogens is 572 g/mol. The van der Waals surface area contributed by atoms with Crippen LogP contribution in [0.25, 0.3) is 17.0 Å². The Kier molecular flexibility index (Phi) is 9.78. The maximum atomic E-state index is 13.5. The number of H-pyrrole nitrogens is 1. The molecule has 1 heterocycles. The first kappa shape index (κ1) is 30.2. The van der Waals surface area contributed by atoms with Gasteiger partial charge in [-0.05, 0) is 86.7 Å². The number of para-hydroxylation sites is 1. The van der Waals surface area contributed by atoms with Gasteiger partial charge in [-0.1, -0.05) is 36.4 Å². The molecule has 9 heteroatoms. The monoisotopic (exact) mass is 604 g/mol. The topological polar surface area (TPSA) is 112 Å². The van der Waals surface area contributed by atoms with Crippen molar-refractivity contribution in [1.82, 2.24) is 10.3 Å². The number of anilines is 2. The lowest BCUT2D eigenvalue weighted by atomic mass is 10.1. The van der Waals surface area contributed by atoms with Crippen LogP contribution in [0.2, 0.25) is 0 Å². The zero-order valence-corrected chi connectivity index (χ0v) is 25.1. The molecule has 0 bridgehead atoms. The maximum Gasteiger partial charge on any atom is 0.272 e. The highest BCUT2D eigenvalue weighted by Crippen LogP contribution is 2.27. The minimum absolute atomic E-state index is 0.0987. The van der Waals surface area contributed by atoms with E-state index in [0.29, 0.717) is 23.5 Å². The molecule has 0 radical (unpaired) electrons. The van der Waals surface area contributed by atoms with E-state index in [1.165, 1.54) is 11.8 Å². The fourth-order valence-electron chi connectivity index (χ4n) is 4.43. The number of benzene rings is 4. The standard InChI is InChI=1S/C35H32N4O4S/c1-3-43-28-17-13-26(14-18-28)37-33(40)23(2)44-29-19-15-27(16-20-29)38-35(42)32(39-34(41)24-9-5-4-6-10-24)21-25-22-36-31-12-8-7-11-30(25)31/h4-23,36H,3H2,1-2H3,(H,37,40)(H,38,42)(H,39,41)/b32-21-/t23-/m0/s1. The third-order valence-electron chi connectivity index (χ3n) is 6.68. The van der Waals surface area contributed by atoms with E-state index in [1.54, 1.807) is 60.8 Å². The van der Waals surface area contributed by atoms with Crippen LogP contribution in [0.3, 0.4) is 0 Å². The number of aromatic nitrogens is 1. The van der Waals surface area contributed by atoms with E-state index in [-0.39, 0.29) is 16.9 Å². The summed E-state index contributed by atoms with van der Waals surface area (Å²) in [6.45, 7) is 4.33. The van der Waals surface area contributed by atoms with Crippen LogP contribution in [0.4, 0.5) is 11.4 Å². The number of rotatable bonds is 11. The number of carbonyl (C=O) groups is 3. The first-order valence-electron chi connectivity index (χ1n) is 14.2. The van der Waals surface area contributed by atoms with Gasteiger partial charge in [0.25, 0.3) is 11.8 Å². The van der Waals surface area contributed by atoms with Crippen molar-refractivity contribution < 1.29 is 19.1 Å². The molecule has 0 aliphatic heterocycles. The molecule has 0 saturated carbocycles. The molecular formula is C35H32N4O4S. The summed E-state index contributed by atoms with van der Waals surface area (Å²) in [6, 6.07) is 30.9. The first-order chi connectivity index (χ1) is 21.4. The Morgan fingerprint density at radius 2 is 1.50 bits per heavy atom. The summed E-state index contributed by atoms with van der Waals surface area (Å²) in [5.41, 5.74) is 3.46. The largest absolute Gasteiger partial charge is 0.494 e. The van der Waals surface area contributed by atoms with Crippen molar-refractivity contribution in [1.29, 1.82) is 0 Å². The number of hydrogen-bond donors (Lipinski definition) is 4. The Morgan fingerprint density at radius 1 is 0.841 bits per heavy atom. The highest BCUT2D eigenvalue weighted by atomic mass is 32.2. The van der Waals surface area contributed by atoms with E-state index in [2.05, 4.69) is 20.9 Å². The summed E-state index contributed by atoms with van der Waals surface area (Å²) in [5, 5.41) is 9.14. The number of fused-ring (bicyclic) bond motifs is 1. The molecule has 222 valence electrons. The molecule has 0 aliphatic carbocycles. The van der Waals surface area contributed by atoms with Gasteiger partial charge in [0, 0.05) is 44.5 Å². The molecule has 1 aromatic heterocycles. The van der Waals surface area contributed by atoms with Gasteiger partial charge in [0.15, 0.2) is 0 Å².